The number of carbonyl (C=O) groups is 1. The van der Waals surface area contributed by atoms with Gasteiger partial charge in [0.25, 0.3) is 0 Å². The van der Waals surface area contributed by atoms with E-state index in [9.17, 15) is 4.79 Å². The molecule has 3 nitrogen and oxygen atoms in total. The summed E-state index contributed by atoms with van der Waals surface area (Å²) in [4.78, 5) is 12.5. The highest BCUT2D eigenvalue weighted by Gasteiger charge is 2.39. The number of hydrogen-bond donors (Lipinski definition) is 0. The van der Waals surface area contributed by atoms with Crippen LogP contribution in [-0.2, 0) is 14.3 Å². The second-order valence-electron chi connectivity index (χ2n) is 5.94. The van der Waals surface area contributed by atoms with Crippen molar-refractivity contribution < 1.29 is 14.3 Å². The zero-order valence-electron chi connectivity index (χ0n) is 15.4. The standard InChI is InChI=1S/C20H36O3/c1-5-9-11-12-13-15-17-20(23-18-7-3,16-14-10-6-2)19(21)22-8-4/h7,13,15H,3,5-6,8-12,14,16-18H2,1-2,4H3/b15-13-. The summed E-state index contributed by atoms with van der Waals surface area (Å²) in [5.74, 6) is -0.240. The molecule has 0 fully saturated rings. The van der Waals surface area contributed by atoms with Crippen molar-refractivity contribution in [3.63, 3.8) is 0 Å². The molecule has 0 radical (unpaired) electrons. The van der Waals surface area contributed by atoms with Crippen LogP contribution < -0.4 is 0 Å². The normalized spacial score (nSPS) is 13.9. The van der Waals surface area contributed by atoms with E-state index in [2.05, 4.69) is 32.6 Å². The van der Waals surface area contributed by atoms with E-state index < -0.39 is 5.60 Å². The van der Waals surface area contributed by atoms with E-state index in [1.165, 1.54) is 19.3 Å². The van der Waals surface area contributed by atoms with Gasteiger partial charge in [0.15, 0.2) is 5.60 Å². The largest absolute Gasteiger partial charge is 0.464 e. The predicted molar refractivity (Wildman–Crippen MR) is 97.6 cm³/mol. The summed E-state index contributed by atoms with van der Waals surface area (Å²) in [5, 5.41) is 0. The van der Waals surface area contributed by atoms with Crippen molar-refractivity contribution in [2.24, 2.45) is 0 Å². The predicted octanol–water partition coefficient (Wildman–Crippen LogP) is 5.60. The fourth-order valence-corrected chi connectivity index (χ4v) is 2.52. The summed E-state index contributed by atoms with van der Waals surface area (Å²) in [7, 11) is 0. The molecule has 0 aliphatic heterocycles. The van der Waals surface area contributed by atoms with E-state index in [1.807, 2.05) is 6.92 Å². The van der Waals surface area contributed by atoms with Crippen LogP contribution in [0.4, 0.5) is 0 Å². The molecule has 134 valence electrons. The third-order valence-corrected chi connectivity index (χ3v) is 3.90. The smallest absolute Gasteiger partial charge is 0.338 e. The van der Waals surface area contributed by atoms with E-state index in [0.717, 1.165) is 25.7 Å². The maximum absolute atomic E-state index is 12.5. The van der Waals surface area contributed by atoms with Crippen molar-refractivity contribution in [2.75, 3.05) is 13.2 Å². The molecule has 0 saturated carbocycles. The second kappa shape index (κ2) is 14.5. The molecule has 0 saturated heterocycles. The van der Waals surface area contributed by atoms with Gasteiger partial charge in [0, 0.05) is 6.42 Å². The molecular weight excluding hydrogens is 288 g/mol. The van der Waals surface area contributed by atoms with Gasteiger partial charge in [-0.15, -0.1) is 6.58 Å². The summed E-state index contributed by atoms with van der Waals surface area (Å²) >= 11 is 0. The fraction of sp³-hybridized carbons (Fsp3) is 0.750. The number of unbranched alkanes of at least 4 members (excludes halogenated alkanes) is 5. The lowest BCUT2D eigenvalue weighted by Crippen LogP contribution is -2.43. The SMILES string of the molecule is C=CCOC(C/C=C\CCCCC)(CCCCC)C(=O)OCC. The van der Waals surface area contributed by atoms with Crippen molar-refractivity contribution in [1.29, 1.82) is 0 Å². The number of hydrogen-bond acceptors (Lipinski definition) is 3. The first-order valence-corrected chi connectivity index (χ1v) is 9.23. The molecular formula is C20H36O3. The van der Waals surface area contributed by atoms with Gasteiger partial charge in [-0.05, 0) is 32.6 Å². The van der Waals surface area contributed by atoms with Crippen molar-refractivity contribution in [1.82, 2.24) is 0 Å². The van der Waals surface area contributed by atoms with Gasteiger partial charge in [0.05, 0.1) is 13.2 Å². The molecule has 0 aromatic heterocycles. The van der Waals surface area contributed by atoms with Crippen LogP contribution in [0.3, 0.4) is 0 Å². The summed E-state index contributed by atoms with van der Waals surface area (Å²) in [6.07, 6.45) is 15.1. The molecule has 0 rings (SSSR count). The minimum absolute atomic E-state index is 0.240. The third kappa shape index (κ3) is 9.60. The van der Waals surface area contributed by atoms with Crippen LogP contribution in [0, 0.1) is 0 Å². The highest BCUT2D eigenvalue weighted by molar-refractivity contribution is 5.80. The molecule has 0 bridgehead atoms. The molecule has 0 aliphatic carbocycles. The molecule has 0 N–H and O–H groups in total. The molecule has 0 aliphatic rings. The van der Waals surface area contributed by atoms with Crippen molar-refractivity contribution in [3.8, 4) is 0 Å². The summed E-state index contributed by atoms with van der Waals surface area (Å²) in [6, 6.07) is 0. The Morgan fingerprint density at radius 3 is 2.35 bits per heavy atom. The minimum atomic E-state index is -0.860. The van der Waals surface area contributed by atoms with Crippen molar-refractivity contribution in [2.45, 2.75) is 84.2 Å². The minimum Gasteiger partial charge on any atom is -0.464 e. The Labute approximate surface area is 143 Å². The number of carbonyl (C=O) groups excluding carboxylic acids is 1. The maximum atomic E-state index is 12.5. The van der Waals surface area contributed by atoms with E-state index in [1.54, 1.807) is 6.08 Å². The Morgan fingerprint density at radius 2 is 1.74 bits per heavy atom. The lowest BCUT2D eigenvalue weighted by molar-refractivity contribution is -0.171. The molecule has 3 heteroatoms. The van der Waals surface area contributed by atoms with Gasteiger partial charge < -0.3 is 9.47 Å². The van der Waals surface area contributed by atoms with Crippen LogP contribution in [0.1, 0.15) is 78.6 Å². The molecule has 23 heavy (non-hydrogen) atoms. The summed E-state index contributed by atoms with van der Waals surface area (Å²) in [5.41, 5.74) is -0.860. The molecule has 0 spiro atoms. The van der Waals surface area contributed by atoms with Crippen molar-refractivity contribution in [3.05, 3.63) is 24.8 Å². The zero-order valence-corrected chi connectivity index (χ0v) is 15.4. The number of rotatable bonds is 15. The van der Waals surface area contributed by atoms with Gasteiger partial charge in [0.1, 0.15) is 0 Å². The van der Waals surface area contributed by atoms with E-state index in [0.29, 0.717) is 26.1 Å². The van der Waals surface area contributed by atoms with Crippen LogP contribution in [0.15, 0.2) is 24.8 Å². The Hall–Kier alpha value is -1.09. The van der Waals surface area contributed by atoms with Crippen LogP contribution >= 0.6 is 0 Å². The summed E-state index contributed by atoms with van der Waals surface area (Å²) in [6.45, 7) is 10.6. The molecule has 0 aromatic carbocycles. The van der Waals surface area contributed by atoms with Gasteiger partial charge in [-0.3, -0.25) is 0 Å². The van der Waals surface area contributed by atoms with Crippen LogP contribution in [0.5, 0.6) is 0 Å². The molecule has 0 amide bonds. The van der Waals surface area contributed by atoms with Gasteiger partial charge in [-0.1, -0.05) is 57.8 Å². The average Bonchev–Trinajstić information content (AvgIpc) is 2.55. The summed E-state index contributed by atoms with van der Waals surface area (Å²) < 4.78 is 11.2. The Balaban J connectivity index is 4.86. The van der Waals surface area contributed by atoms with E-state index >= 15 is 0 Å². The van der Waals surface area contributed by atoms with E-state index in [4.69, 9.17) is 9.47 Å². The second-order valence-corrected chi connectivity index (χ2v) is 5.94. The van der Waals surface area contributed by atoms with E-state index in [-0.39, 0.29) is 5.97 Å². The monoisotopic (exact) mass is 324 g/mol. The molecule has 0 heterocycles. The van der Waals surface area contributed by atoms with Crippen LogP contribution in [-0.4, -0.2) is 24.8 Å². The lowest BCUT2D eigenvalue weighted by Gasteiger charge is -2.30. The fourth-order valence-electron chi connectivity index (χ4n) is 2.52. The molecule has 1 unspecified atom stereocenters. The maximum Gasteiger partial charge on any atom is 0.338 e. The first kappa shape index (κ1) is 21.9. The van der Waals surface area contributed by atoms with Gasteiger partial charge in [-0.2, -0.15) is 0 Å². The van der Waals surface area contributed by atoms with Gasteiger partial charge >= 0.3 is 5.97 Å². The third-order valence-electron chi connectivity index (χ3n) is 3.90. The number of ether oxygens (including phenoxy) is 2. The Kier molecular flexibility index (Phi) is 13.8. The van der Waals surface area contributed by atoms with Crippen LogP contribution in [0.2, 0.25) is 0 Å². The highest BCUT2D eigenvalue weighted by Crippen LogP contribution is 2.27. The number of esters is 1. The first-order valence-electron chi connectivity index (χ1n) is 9.23. The molecule has 1 atom stereocenters. The lowest BCUT2D eigenvalue weighted by atomic mass is 9.91. The Morgan fingerprint density at radius 1 is 1.04 bits per heavy atom. The topological polar surface area (TPSA) is 35.5 Å². The van der Waals surface area contributed by atoms with Gasteiger partial charge in [-0.25, -0.2) is 4.79 Å². The molecule has 0 aromatic rings. The highest BCUT2D eigenvalue weighted by atomic mass is 16.6. The first-order chi connectivity index (χ1) is 11.2. The zero-order chi connectivity index (χ0) is 17.4. The average molecular weight is 325 g/mol. The van der Waals surface area contributed by atoms with Crippen LogP contribution in [0.25, 0.3) is 0 Å². The van der Waals surface area contributed by atoms with Crippen molar-refractivity contribution >= 4 is 5.97 Å². The quantitative estimate of drug-likeness (QED) is 0.223. The van der Waals surface area contributed by atoms with Gasteiger partial charge in [0.2, 0.25) is 0 Å². The Bertz CT molecular complexity index is 336. The number of allylic oxidation sites excluding steroid dienone is 1.